The zero-order chi connectivity index (χ0) is 13.8. The molecule has 0 spiro atoms. The minimum Gasteiger partial charge on any atom is -0.388 e. The molecule has 6 heteroatoms. The molecule has 0 saturated carbocycles. The molecular formula is C12H16BrClO3S. The zero-order valence-corrected chi connectivity index (χ0v) is 13.2. The first-order chi connectivity index (χ1) is 8.35. The molecule has 0 saturated heterocycles. The lowest BCUT2D eigenvalue weighted by Crippen LogP contribution is -2.10. The molecule has 0 amide bonds. The van der Waals surface area contributed by atoms with Crippen LogP contribution in [0.4, 0.5) is 0 Å². The monoisotopic (exact) mass is 354 g/mol. The molecule has 0 aliphatic rings. The topological polar surface area (TPSA) is 54.4 Å². The number of hydrogen-bond acceptors (Lipinski definition) is 3. The Morgan fingerprint density at radius 3 is 2.72 bits per heavy atom. The van der Waals surface area contributed by atoms with Crippen LogP contribution in [0.1, 0.15) is 31.4 Å². The summed E-state index contributed by atoms with van der Waals surface area (Å²) in [6, 6.07) is 5.24. The van der Waals surface area contributed by atoms with E-state index in [1.807, 2.05) is 0 Å². The number of halogens is 2. The van der Waals surface area contributed by atoms with Crippen LogP contribution in [0.15, 0.2) is 22.7 Å². The Morgan fingerprint density at radius 1 is 1.44 bits per heavy atom. The smallest absolute Gasteiger partial charge is 0.150 e. The van der Waals surface area contributed by atoms with Crippen LogP contribution in [0.2, 0.25) is 5.02 Å². The van der Waals surface area contributed by atoms with Crippen LogP contribution in [0.5, 0.6) is 0 Å². The van der Waals surface area contributed by atoms with E-state index in [2.05, 4.69) is 15.9 Å². The molecule has 1 atom stereocenters. The highest BCUT2D eigenvalue weighted by Gasteiger charge is 2.14. The third-order valence-electron chi connectivity index (χ3n) is 2.69. The summed E-state index contributed by atoms with van der Waals surface area (Å²) in [5.74, 6) is 0.243. The van der Waals surface area contributed by atoms with Crippen LogP contribution >= 0.6 is 27.5 Å². The van der Waals surface area contributed by atoms with Gasteiger partial charge in [-0.25, -0.2) is 8.42 Å². The molecule has 0 aromatic heterocycles. The fourth-order valence-electron chi connectivity index (χ4n) is 1.57. The van der Waals surface area contributed by atoms with Gasteiger partial charge in [-0.05, 0) is 31.0 Å². The van der Waals surface area contributed by atoms with Gasteiger partial charge in [0.15, 0.2) is 0 Å². The van der Waals surface area contributed by atoms with Crippen molar-refractivity contribution in [3.63, 3.8) is 0 Å². The van der Waals surface area contributed by atoms with Crippen molar-refractivity contribution in [3.8, 4) is 0 Å². The van der Waals surface area contributed by atoms with Crippen molar-refractivity contribution < 1.29 is 13.5 Å². The van der Waals surface area contributed by atoms with Gasteiger partial charge in [-0.15, -0.1) is 0 Å². The summed E-state index contributed by atoms with van der Waals surface area (Å²) >= 11 is 9.30. The molecule has 102 valence electrons. The highest BCUT2D eigenvalue weighted by atomic mass is 79.9. The van der Waals surface area contributed by atoms with Crippen molar-refractivity contribution in [2.24, 2.45) is 0 Å². The van der Waals surface area contributed by atoms with E-state index in [1.165, 1.54) is 0 Å². The van der Waals surface area contributed by atoms with Crippen LogP contribution in [-0.2, 0) is 9.84 Å². The quantitative estimate of drug-likeness (QED) is 0.851. The Balaban J connectivity index is 2.61. The molecule has 0 fully saturated rings. The molecular weight excluding hydrogens is 340 g/mol. The van der Waals surface area contributed by atoms with Gasteiger partial charge in [-0.1, -0.05) is 34.5 Å². The number of sulfone groups is 1. The molecule has 0 radical (unpaired) electrons. The lowest BCUT2D eigenvalue weighted by Gasteiger charge is -2.13. The van der Waals surface area contributed by atoms with Crippen LogP contribution in [0, 0.1) is 0 Å². The molecule has 0 aliphatic carbocycles. The van der Waals surface area contributed by atoms with E-state index >= 15 is 0 Å². The molecule has 0 aliphatic heterocycles. The van der Waals surface area contributed by atoms with Crippen LogP contribution in [0.3, 0.4) is 0 Å². The van der Waals surface area contributed by atoms with Gasteiger partial charge < -0.3 is 5.11 Å². The van der Waals surface area contributed by atoms with E-state index < -0.39 is 15.9 Å². The van der Waals surface area contributed by atoms with Gasteiger partial charge >= 0.3 is 0 Å². The van der Waals surface area contributed by atoms with Gasteiger partial charge in [0, 0.05) is 20.8 Å². The summed E-state index contributed by atoms with van der Waals surface area (Å²) in [4.78, 5) is 0. The maximum absolute atomic E-state index is 11.3. The first kappa shape index (κ1) is 16.0. The summed E-state index contributed by atoms with van der Waals surface area (Å²) in [6.07, 6.45) is 0.0809. The lowest BCUT2D eigenvalue weighted by molar-refractivity contribution is 0.167. The Kier molecular flexibility index (Phi) is 6.11. The summed E-state index contributed by atoms with van der Waals surface area (Å²) in [7, 11) is -2.97. The second-order valence-corrected chi connectivity index (χ2v) is 7.86. The molecule has 1 N–H and O–H groups in total. The van der Waals surface area contributed by atoms with E-state index in [-0.39, 0.29) is 11.5 Å². The Hall–Kier alpha value is -0.100. The summed E-state index contributed by atoms with van der Waals surface area (Å²) in [6.45, 7) is 1.62. The predicted molar refractivity (Wildman–Crippen MR) is 77.7 cm³/mol. The summed E-state index contributed by atoms with van der Waals surface area (Å²) in [5, 5.41) is 10.5. The average Bonchev–Trinajstić information content (AvgIpc) is 2.32. The van der Waals surface area contributed by atoms with E-state index in [1.54, 1.807) is 25.1 Å². The molecule has 3 nitrogen and oxygen atoms in total. The van der Waals surface area contributed by atoms with Gasteiger partial charge in [0.25, 0.3) is 0 Å². The van der Waals surface area contributed by atoms with Gasteiger partial charge in [-0.2, -0.15) is 0 Å². The van der Waals surface area contributed by atoms with E-state index in [0.29, 0.717) is 23.4 Å². The molecule has 18 heavy (non-hydrogen) atoms. The van der Waals surface area contributed by atoms with Crippen LogP contribution in [-0.4, -0.2) is 25.0 Å². The Morgan fingerprint density at radius 2 is 2.11 bits per heavy atom. The first-order valence-electron chi connectivity index (χ1n) is 5.69. The summed E-state index contributed by atoms with van der Waals surface area (Å²) in [5.41, 5.74) is 0.625. The maximum Gasteiger partial charge on any atom is 0.150 e. The Labute approximate surface area is 121 Å². The molecule has 0 bridgehead atoms. The largest absolute Gasteiger partial charge is 0.388 e. The predicted octanol–water partition coefficient (Wildman–Crippen LogP) is 3.35. The fourth-order valence-corrected chi connectivity index (χ4v) is 3.08. The number of hydrogen-bond donors (Lipinski definition) is 1. The second-order valence-electron chi connectivity index (χ2n) is 4.06. The lowest BCUT2D eigenvalue weighted by atomic mass is 10.1. The zero-order valence-electron chi connectivity index (χ0n) is 10.1. The van der Waals surface area contributed by atoms with Crippen molar-refractivity contribution >= 4 is 37.4 Å². The number of aliphatic hydroxyl groups is 1. The summed E-state index contributed by atoms with van der Waals surface area (Å²) < 4.78 is 23.5. The van der Waals surface area contributed by atoms with Crippen molar-refractivity contribution in [1.29, 1.82) is 0 Å². The van der Waals surface area contributed by atoms with E-state index in [9.17, 15) is 13.5 Å². The first-order valence-corrected chi connectivity index (χ1v) is 8.68. The van der Waals surface area contributed by atoms with Gasteiger partial charge in [-0.3, -0.25) is 0 Å². The molecule has 1 aromatic carbocycles. The third kappa shape index (κ3) is 4.88. The highest BCUT2D eigenvalue weighted by Crippen LogP contribution is 2.29. The number of benzene rings is 1. The molecule has 1 aromatic rings. The minimum atomic E-state index is -2.97. The molecule has 0 heterocycles. The van der Waals surface area contributed by atoms with Crippen molar-refractivity contribution in [2.45, 2.75) is 25.9 Å². The van der Waals surface area contributed by atoms with Crippen LogP contribution < -0.4 is 0 Å². The molecule has 1 unspecified atom stereocenters. The SMILES string of the molecule is CCS(=O)(=O)CCCC(O)c1cc(Br)ccc1Cl. The third-order valence-corrected chi connectivity index (χ3v) is 5.32. The maximum atomic E-state index is 11.3. The van der Waals surface area contributed by atoms with Crippen LogP contribution in [0.25, 0.3) is 0 Å². The number of aliphatic hydroxyl groups excluding tert-OH is 1. The average molecular weight is 356 g/mol. The van der Waals surface area contributed by atoms with Crippen molar-refractivity contribution in [1.82, 2.24) is 0 Å². The normalized spacial score (nSPS) is 13.6. The van der Waals surface area contributed by atoms with Gasteiger partial charge in [0.1, 0.15) is 9.84 Å². The standard InChI is InChI=1S/C12H16BrClO3S/c1-2-18(16,17)7-3-4-12(15)10-8-9(13)5-6-11(10)14/h5-6,8,12,15H,2-4,7H2,1H3. The van der Waals surface area contributed by atoms with Gasteiger partial charge in [0.2, 0.25) is 0 Å². The number of rotatable bonds is 6. The van der Waals surface area contributed by atoms with Crippen molar-refractivity contribution in [2.75, 3.05) is 11.5 Å². The van der Waals surface area contributed by atoms with Crippen molar-refractivity contribution in [3.05, 3.63) is 33.3 Å². The molecule has 1 rings (SSSR count). The second kappa shape index (κ2) is 6.89. The van der Waals surface area contributed by atoms with E-state index in [0.717, 1.165) is 4.47 Å². The van der Waals surface area contributed by atoms with Gasteiger partial charge in [0.05, 0.1) is 11.9 Å². The highest BCUT2D eigenvalue weighted by molar-refractivity contribution is 9.10. The minimum absolute atomic E-state index is 0.103. The Bertz CT molecular complexity index is 502. The van der Waals surface area contributed by atoms with E-state index in [4.69, 9.17) is 11.6 Å². The fraction of sp³-hybridized carbons (Fsp3) is 0.500.